The van der Waals surface area contributed by atoms with E-state index < -0.39 is 5.91 Å². The molecule has 0 bridgehead atoms. The third-order valence-corrected chi connectivity index (χ3v) is 4.43. The molecule has 0 fully saturated rings. The van der Waals surface area contributed by atoms with E-state index in [1.54, 1.807) is 31.4 Å². The third kappa shape index (κ3) is 5.76. The molecule has 0 saturated heterocycles. The Kier molecular flexibility index (Phi) is 8.11. The van der Waals surface area contributed by atoms with Gasteiger partial charge in [0.2, 0.25) is 0 Å². The molecule has 0 spiro atoms. The van der Waals surface area contributed by atoms with Gasteiger partial charge in [-0.1, -0.05) is 0 Å². The van der Waals surface area contributed by atoms with Crippen LogP contribution in [0.5, 0.6) is 11.5 Å². The predicted molar refractivity (Wildman–Crippen MR) is 116 cm³/mol. The Labute approximate surface area is 172 Å². The summed E-state index contributed by atoms with van der Waals surface area (Å²) in [4.78, 5) is 14.7. The summed E-state index contributed by atoms with van der Waals surface area (Å²) in [5.41, 5.74) is 2.28. The van der Waals surface area contributed by atoms with Crippen molar-refractivity contribution in [1.82, 2.24) is 0 Å². The highest BCUT2D eigenvalue weighted by Gasteiger charge is 2.13. The van der Waals surface area contributed by atoms with Crippen LogP contribution in [0.25, 0.3) is 6.08 Å². The molecule has 0 saturated carbocycles. The first kappa shape index (κ1) is 21.8. The highest BCUT2D eigenvalue weighted by atomic mass is 16.5. The molecule has 1 N–H and O–H groups in total. The Morgan fingerprint density at radius 3 is 2.38 bits per heavy atom. The summed E-state index contributed by atoms with van der Waals surface area (Å²) in [5, 5.41) is 12.2. The summed E-state index contributed by atoms with van der Waals surface area (Å²) in [7, 11) is 1.57. The molecular weight excluding hydrogens is 366 g/mol. The van der Waals surface area contributed by atoms with Gasteiger partial charge in [0, 0.05) is 36.1 Å². The molecule has 0 unspecified atom stereocenters. The lowest BCUT2D eigenvalue weighted by Crippen LogP contribution is -2.21. The van der Waals surface area contributed by atoms with Crippen molar-refractivity contribution in [3.63, 3.8) is 0 Å². The van der Waals surface area contributed by atoms with Gasteiger partial charge in [0.15, 0.2) is 0 Å². The van der Waals surface area contributed by atoms with Gasteiger partial charge in [0.25, 0.3) is 5.91 Å². The molecular formula is C23H27N3O3. The number of carbonyl (C=O) groups excluding carboxylic acids is 1. The van der Waals surface area contributed by atoms with E-state index in [-0.39, 0.29) is 5.57 Å². The first-order chi connectivity index (χ1) is 14.1. The molecule has 0 aliphatic carbocycles. The van der Waals surface area contributed by atoms with E-state index in [0.717, 1.165) is 24.5 Å². The minimum absolute atomic E-state index is 0.00669. The number of hydrogen-bond acceptors (Lipinski definition) is 5. The number of rotatable bonds is 9. The van der Waals surface area contributed by atoms with E-state index in [0.29, 0.717) is 23.6 Å². The second-order valence-electron chi connectivity index (χ2n) is 6.18. The van der Waals surface area contributed by atoms with E-state index in [1.807, 2.05) is 31.2 Å². The van der Waals surface area contributed by atoms with Crippen molar-refractivity contribution in [2.45, 2.75) is 20.8 Å². The average Bonchev–Trinajstić information content (AvgIpc) is 2.74. The van der Waals surface area contributed by atoms with Crippen molar-refractivity contribution in [3.05, 3.63) is 53.6 Å². The van der Waals surface area contributed by atoms with Crippen LogP contribution in [0.1, 0.15) is 26.3 Å². The lowest BCUT2D eigenvalue weighted by atomic mass is 10.1. The van der Waals surface area contributed by atoms with Crippen LogP contribution < -0.4 is 19.7 Å². The molecule has 0 radical (unpaired) electrons. The number of nitrogens with one attached hydrogen (secondary N) is 1. The number of hydrogen-bond donors (Lipinski definition) is 1. The molecule has 0 aliphatic rings. The maximum absolute atomic E-state index is 12.5. The summed E-state index contributed by atoms with van der Waals surface area (Å²) in [6.07, 6.45) is 1.54. The number of benzene rings is 2. The summed E-state index contributed by atoms with van der Waals surface area (Å²) < 4.78 is 10.9. The minimum Gasteiger partial charge on any atom is -0.496 e. The van der Waals surface area contributed by atoms with Crippen molar-refractivity contribution in [2.24, 2.45) is 0 Å². The van der Waals surface area contributed by atoms with Gasteiger partial charge in [0.05, 0.1) is 13.7 Å². The first-order valence-electron chi connectivity index (χ1n) is 9.65. The van der Waals surface area contributed by atoms with Crippen LogP contribution in [0.15, 0.2) is 48.0 Å². The maximum atomic E-state index is 12.5. The van der Waals surface area contributed by atoms with Gasteiger partial charge in [-0.15, -0.1) is 0 Å². The van der Waals surface area contributed by atoms with Gasteiger partial charge < -0.3 is 19.7 Å². The van der Waals surface area contributed by atoms with Crippen LogP contribution in [0, 0.1) is 11.3 Å². The van der Waals surface area contributed by atoms with Crippen LogP contribution in [-0.4, -0.2) is 32.7 Å². The summed E-state index contributed by atoms with van der Waals surface area (Å²) in [6.45, 7) is 8.40. The number of amides is 1. The molecule has 0 aromatic heterocycles. The lowest BCUT2D eigenvalue weighted by Gasteiger charge is -2.22. The Balaban J connectivity index is 2.23. The normalized spacial score (nSPS) is 10.8. The molecule has 0 heterocycles. The second-order valence-corrected chi connectivity index (χ2v) is 6.18. The fraction of sp³-hybridized carbons (Fsp3) is 0.304. The Bertz CT molecular complexity index is 895. The number of anilines is 2. The second kappa shape index (κ2) is 10.8. The molecule has 1 amide bonds. The zero-order chi connectivity index (χ0) is 21.2. The molecule has 2 aromatic carbocycles. The van der Waals surface area contributed by atoms with E-state index >= 15 is 0 Å². The van der Waals surface area contributed by atoms with Crippen molar-refractivity contribution in [2.75, 3.05) is 37.0 Å². The van der Waals surface area contributed by atoms with Crippen molar-refractivity contribution in [1.29, 1.82) is 5.26 Å². The zero-order valence-corrected chi connectivity index (χ0v) is 17.4. The number of nitriles is 1. The summed E-state index contributed by atoms with van der Waals surface area (Å²) in [6, 6.07) is 14.7. The summed E-state index contributed by atoms with van der Waals surface area (Å²) >= 11 is 0. The highest BCUT2D eigenvalue weighted by Crippen LogP contribution is 2.28. The monoisotopic (exact) mass is 393 g/mol. The van der Waals surface area contributed by atoms with Crippen LogP contribution >= 0.6 is 0 Å². The number of ether oxygens (including phenoxy) is 2. The van der Waals surface area contributed by atoms with Gasteiger partial charge in [0.1, 0.15) is 23.1 Å². The Morgan fingerprint density at radius 2 is 1.83 bits per heavy atom. The van der Waals surface area contributed by atoms with Gasteiger partial charge >= 0.3 is 0 Å². The average molecular weight is 393 g/mol. The fourth-order valence-corrected chi connectivity index (χ4v) is 2.91. The quantitative estimate of drug-likeness (QED) is 0.502. The molecule has 0 aliphatic heterocycles. The van der Waals surface area contributed by atoms with Crippen LogP contribution in [-0.2, 0) is 4.79 Å². The molecule has 0 atom stereocenters. The molecule has 6 heteroatoms. The Hall–Kier alpha value is -3.46. The Morgan fingerprint density at radius 1 is 1.14 bits per heavy atom. The van der Waals surface area contributed by atoms with Gasteiger partial charge in [-0.25, -0.2) is 0 Å². The number of nitrogens with zero attached hydrogens (tertiary/aromatic N) is 2. The predicted octanol–water partition coefficient (Wildman–Crippen LogP) is 4.49. The van der Waals surface area contributed by atoms with Crippen LogP contribution in [0.2, 0.25) is 0 Å². The van der Waals surface area contributed by atoms with Crippen molar-refractivity contribution >= 4 is 23.4 Å². The zero-order valence-electron chi connectivity index (χ0n) is 17.4. The van der Waals surface area contributed by atoms with Gasteiger partial charge in [-0.2, -0.15) is 5.26 Å². The fourth-order valence-electron chi connectivity index (χ4n) is 2.91. The molecule has 29 heavy (non-hydrogen) atoms. The first-order valence-corrected chi connectivity index (χ1v) is 9.65. The molecule has 6 nitrogen and oxygen atoms in total. The SMILES string of the molecule is CCOc1ccc(NC(=O)/C(C#N)=C\c2ccc(N(CC)CC)cc2OC)cc1. The topological polar surface area (TPSA) is 74.6 Å². The van der Waals surface area contributed by atoms with Crippen LogP contribution in [0.4, 0.5) is 11.4 Å². The van der Waals surface area contributed by atoms with Crippen molar-refractivity contribution < 1.29 is 14.3 Å². The van der Waals surface area contributed by atoms with Crippen molar-refractivity contribution in [3.8, 4) is 17.6 Å². The largest absolute Gasteiger partial charge is 0.496 e. The number of methoxy groups -OCH3 is 1. The van der Waals surface area contributed by atoms with Gasteiger partial charge in [-0.05, 0) is 63.2 Å². The van der Waals surface area contributed by atoms with E-state index in [9.17, 15) is 10.1 Å². The van der Waals surface area contributed by atoms with E-state index in [1.165, 1.54) is 6.08 Å². The number of carbonyl (C=O) groups is 1. The molecule has 152 valence electrons. The van der Waals surface area contributed by atoms with Crippen LogP contribution in [0.3, 0.4) is 0 Å². The minimum atomic E-state index is -0.480. The molecule has 2 aromatic rings. The standard InChI is InChI=1S/C23H27N3O3/c1-5-26(6-2)20-11-8-17(22(15-20)28-4)14-18(16-24)23(27)25-19-9-12-21(13-10-19)29-7-3/h8-15H,5-7H2,1-4H3,(H,25,27)/b18-14-. The third-order valence-electron chi connectivity index (χ3n) is 4.43. The molecule has 2 rings (SSSR count). The smallest absolute Gasteiger partial charge is 0.266 e. The van der Waals surface area contributed by atoms with E-state index in [4.69, 9.17) is 9.47 Å². The highest BCUT2D eigenvalue weighted by molar-refractivity contribution is 6.09. The maximum Gasteiger partial charge on any atom is 0.266 e. The lowest BCUT2D eigenvalue weighted by molar-refractivity contribution is -0.112. The van der Waals surface area contributed by atoms with E-state index in [2.05, 4.69) is 24.1 Å². The van der Waals surface area contributed by atoms with Gasteiger partial charge in [-0.3, -0.25) is 4.79 Å². The summed E-state index contributed by atoms with van der Waals surface area (Å²) in [5.74, 6) is 0.849.